The molecule has 0 atom stereocenters. The van der Waals surface area contributed by atoms with Crippen LogP contribution in [0.4, 0.5) is 11.4 Å². The van der Waals surface area contributed by atoms with Crippen LogP contribution < -0.4 is 10.6 Å². The Kier molecular flexibility index (Phi) is 5.94. The largest absolute Gasteiger partial charge is 0.379 e. The number of carbonyl (C=O) groups is 2. The summed E-state index contributed by atoms with van der Waals surface area (Å²) in [5, 5.41) is 6.37. The smallest absolute Gasteiger partial charge is 0.255 e. The minimum absolute atomic E-state index is 0.0843. The normalized spacial score (nSPS) is 10.5. The van der Waals surface area contributed by atoms with Gasteiger partial charge in [-0.15, -0.1) is 0 Å². The number of ketones is 1. The Morgan fingerprint density at radius 2 is 1.45 bits per heavy atom. The van der Waals surface area contributed by atoms with Gasteiger partial charge >= 0.3 is 0 Å². The topological polar surface area (TPSA) is 74.0 Å². The van der Waals surface area contributed by atoms with E-state index in [-0.39, 0.29) is 11.7 Å². The predicted molar refractivity (Wildman–Crippen MR) is 124 cm³/mol. The fourth-order valence-electron chi connectivity index (χ4n) is 3.34. The monoisotopic (exact) mass is 409 g/mol. The van der Waals surface area contributed by atoms with Crippen molar-refractivity contribution in [2.75, 3.05) is 10.6 Å². The number of aryl methyl sites for hydroxylation is 1. The van der Waals surface area contributed by atoms with Crippen LogP contribution in [-0.4, -0.2) is 16.7 Å². The van der Waals surface area contributed by atoms with Crippen LogP contribution in [-0.2, 0) is 6.54 Å². The molecule has 0 fully saturated rings. The molecule has 0 saturated carbocycles. The summed E-state index contributed by atoms with van der Waals surface area (Å²) in [7, 11) is 0. The second-order valence-corrected chi connectivity index (χ2v) is 7.29. The third-order valence-corrected chi connectivity index (χ3v) is 5.18. The molecular formula is C26H23N3O2. The van der Waals surface area contributed by atoms with Crippen molar-refractivity contribution in [2.24, 2.45) is 0 Å². The number of hydrogen-bond donors (Lipinski definition) is 3. The lowest BCUT2D eigenvalue weighted by Crippen LogP contribution is -2.14. The zero-order valence-corrected chi connectivity index (χ0v) is 17.2. The summed E-state index contributed by atoms with van der Waals surface area (Å²) in [5.74, 6) is -0.315. The van der Waals surface area contributed by atoms with Crippen LogP contribution in [0, 0.1) is 6.92 Å². The number of hydrogen-bond acceptors (Lipinski definition) is 3. The molecule has 0 aliphatic heterocycles. The van der Waals surface area contributed by atoms with E-state index in [1.165, 1.54) is 11.1 Å². The molecule has 5 nitrogen and oxygen atoms in total. The van der Waals surface area contributed by atoms with Crippen molar-refractivity contribution < 1.29 is 9.59 Å². The number of para-hydroxylation sites is 2. The molecule has 1 amide bonds. The second kappa shape index (κ2) is 9.13. The number of aromatic amines is 1. The highest BCUT2D eigenvalue weighted by Crippen LogP contribution is 2.23. The summed E-state index contributed by atoms with van der Waals surface area (Å²) in [4.78, 5) is 28.1. The highest BCUT2D eigenvalue weighted by molar-refractivity contribution is 6.10. The average molecular weight is 409 g/mol. The average Bonchev–Trinajstić information content (AvgIpc) is 3.34. The molecule has 4 aromatic rings. The van der Waals surface area contributed by atoms with Gasteiger partial charge in [0.1, 0.15) is 0 Å². The predicted octanol–water partition coefficient (Wildman–Crippen LogP) is 5.42. The lowest BCUT2D eigenvalue weighted by atomic mass is 10.0. The summed E-state index contributed by atoms with van der Waals surface area (Å²) in [5.41, 5.74) is 5.57. The molecule has 0 aliphatic carbocycles. The van der Waals surface area contributed by atoms with Gasteiger partial charge in [-0.3, -0.25) is 9.59 Å². The Bertz CT molecular complexity index is 1200. The summed E-state index contributed by atoms with van der Waals surface area (Å²) in [6.45, 7) is 2.74. The molecule has 0 saturated heterocycles. The SMILES string of the molecule is Cc1ccccc1CNc1ccccc1NC(=O)c1ccc(C(=O)c2cc[nH]c2)cc1. The molecule has 0 spiro atoms. The van der Waals surface area contributed by atoms with E-state index in [1.54, 1.807) is 42.7 Å². The number of rotatable bonds is 7. The van der Waals surface area contributed by atoms with E-state index in [0.29, 0.717) is 28.9 Å². The second-order valence-electron chi connectivity index (χ2n) is 7.29. The molecule has 3 aromatic carbocycles. The number of anilines is 2. The van der Waals surface area contributed by atoms with E-state index in [9.17, 15) is 9.59 Å². The highest BCUT2D eigenvalue weighted by Gasteiger charge is 2.12. The summed E-state index contributed by atoms with van der Waals surface area (Å²) >= 11 is 0. The zero-order valence-electron chi connectivity index (χ0n) is 17.2. The Balaban J connectivity index is 1.45. The Hall–Kier alpha value is -4.12. The van der Waals surface area contributed by atoms with E-state index in [2.05, 4.69) is 34.7 Å². The third kappa shape index (κ3) is 4.73. The lowest BCUT2D eigenvalue weighted by molar-refractivity contribution is 0.102. The highest BCUT2D eigenvalue weighted by atomic mass is 16.1. The van der Waals surface area contributed by atoms with Crippen molar-refractivity contribution in [2.45, 2.75) is 13.5 Å². The molecule has 0 bridgehead atoms. The van der Waals surface area contributed by atoms with Crippen molar-refractivity contribution in [1.29, 1.82) is 0 Å². The number of amides is 1. The van der Waals surface area contributed by atoms with Crippen LogP contribution in [0.5, 0.6) is 0 Å². The van der Waals surface area contributed by atoms with Gasteiger partial charge in [0, 0.05) is 35.6 Å². The molecule has 0 aliphatic rings. The lowest BCUT2D eigenvalue weighted by Gasteiger charge is -2.14. The van der Waals surface area contributed by atoms with Gasteiger partial charge in [0.2, 0.25) is 0 Å². The van der Waals surface area contributed by atoms with Gasteiger partial charge in [-0.1, -0.05) is 48.5 Å². The van der Waals surface area contributed by atoms with Gasteiger partial charge in [0.05, 0.1) is 11.4 Å². The van der Waals surface area contributed by atoms with E-state index in [4.69, 9.17) is 0 Å². The summed E-state index contributed by atoms with van der Waals surface area (Å²) in [6, 6.07) is 24.2. The standard InChI is InChI=1S/C26H23N3O2/c1-18-6-2-3-7-21(18)17-28-23-8-4-5-9-24(23)29-26(31)20-12-10-19(11-13-20)25(30)22-14-15-27-16-22/h2-16,27-28H,17H2,1H3,(H,29,31). The van der Waals surface area contributed by atoms with E-state index in [1.807, 2.05) is 36.4 Å². The fourth-order valence-corrected chi connectivity index (χ4v) is 3.34. The van der Waals surface area contributed by atoms with Crippen molar-refractivity contribution in [1.82, 2.24) is 4.98 Å². The molecule has 0 radical (unpaired) electrons. The molecule has 1 aromatic heterocycles. The van der Waals surface area contributed by atoms with Crippen LogP contribution >= 0.6 is 0 Å². The van der Waals surface area contributed by atoms with Crippen molar-refractivity contribution in [3.63, 3.8) is 0 Å². The third-order valence-electron chi connectivity index (χ3n) is 5.18. The van der Waals surface area contributed by atoms with E-state index < -0.39 is 0 Å². The first-order valence-electron chi connectivity index (χ1n) is 10.1. The van der Waals surface area contributed by atoms with Crippen molar-refractivity contribution in [3.05, 3.63) is 119 Å². The van der Waals surface area contributed by atoms with Gasteiger partial charge in [0.25, 0.3) is 5.91 Å². The fraction of sp³-hybridized carbons (Fsp3) is 0.0769. The van der Waals surface area contributed by atoms with Crippen molar-refractivity contribution in [3.8, 4) is 0 Å². The molecule has 1 heterocycles. The minimum atomic E-state index is -0.231. The van der Waals surface area contributed by atoms with E-state index >= 15 is 0 Å². The molecule has 154 valence electrons. The quantitative estimate of drug-likeness (QED) is 0.357. The van der Waals surface area contributed by atoms with Gasteiger partial charge in [0.15, 0.2) is 5.78 Å². The van der Waals surface area contributed by atoms with Crippen LogP contribution in [0.25, 0.3) is 0 Å². The number of carbonyl (C=O) groups excluding carboxylic acids is 2. The van der Waals surface area contributed by atoms with Crippen LogP contribution in [0.2, 0.25) is 0 Å². The van der Waals surface area contributed by atoms with Crippen LogP contribution in [0.3, 0.4) is 0 Å². The number of H-pyrrole nitrogens is 1. The van der Waals surface area contributed by atoms with Crippen molar-refractivity contribution >= 4 is 23.1 Å². The first kappa shape index (κ1) is 20.2. The van der Waals surface area contributed by atoms with Crippen LogP contribution in [0.15, 0.2) is 91.3 Å². The maximum Gasteiger partial charge on any atom is 0.255 e. The van der Waals surface area contributed by atoms with Gasteiger partial charge in [-0.2, -0.15) is 0 Å². The first-order chi connectivity index (χ1) is 15.1. The van der Waals surface area contributed by atoms with E-state index in [0.717, 1.165) is 5.69 Å². The zero-order chi connectivity index (χ0) is 21.6. The minimum Gasteiger partial charge on any atom is -0.379 e. The Labute approximate surface area is 181 Å². The molecular weight excluding hydrogens is 386 g/mol. The Morgan fingerprint density at radius 3 is 2.16 bits per heavy atom. The van der Waals surface area contributed by atoms with Gasteiger partial charge < -0.3 is 15.6 Å². The first-order valence-corrected chi connectivity index (χ1v) is 10.1. The van der Waals surface area contributed by atoms with Gasteiger partial charge in [-0.05, 0) is 48.4 Å². The van der Waals surface area contributed by atoms with Gasteiger partial charge in [-0.25, -0.2) is 0 Å². The molecule has 4 rings (SSSR count). The van der Waals surface area contributed by atoms with Crippen LogP contribution in [0.1, 0.15) is 37.4 Å². The number of aromatic nitrogens is 1. The summed E-state index contributed by atoms with van der Waals surface area (Å²) < 4.78 is 0. The molecule has 5 heteroatoms. The molecule has 31 heavy (non-hydrogen) atoms. The number of nitrogens with one attached hydrogen (secondary N) is 3. The Morgan fingerprint density at radius 1 is 0.774 bits per heavy atom. The summed E-state index contributed by atoms with van der Waals surface area (Å²) in [6.07, 6.45) is 3.36. The number of benzene rings is 3. The molecule has 3 N–H and O–H groups in total. The maximum atomic E-state index is 12.8. The maximum absolute atomic E-state index is 12.8. The molecule has 0 unspecified atom stereocenters.